The van der Waals surface area contributed by atoms with Crippen LogP contribution in [0.4, 0.5) is 16.0 Å². The number of aromatic nitrogens is 3. The van der Waals surface area contributed by atoms with E-state index in [1.54, 1.807) is 12.1 Å². The van der Waals surface area contributed by atoms with Crippen molar-refractivity contribution >= 4 is 34.6 Å². The Labute approximate surface area is 136 Å². The van der Waals surface area contributed by atoms with Crippen LogP contribution in [0.25, 0.3) is 10.7 Å². The van der Waals surface area contributed by atoms with Crippen molar-refractivity contribution in [1.29, 1.82) is 0 Å². The molecule has 0 spiro atoms. The molecule has 0 saturated heterocycles. The second-order valence-corrected chi connectivity index (χ2v) is 6.20. The summed E-state index contributed by atoms with van der Waals surface area (Å²) in [5.74, 6) is 1.40. The molecule has 3 rings (SSSR count). The molecule has 0 fully saturated rings. The Morgan fingerprint density at radius 3 is 2.50 bits per heavy atom. The van der Waals surface area contributed by atoms with Crippen molar-refractivity contribution in [3.8, 4) is 10.7 Å². The van der Waals surface area contributed by atoms with Crippen molar-refractivity contribution in [3.05, 3.63) is 52.4 Å². The summed E-state index contributed by atoms with van der Waals surface area (Å²) in [6.45, 7) is 1.97. The maximum Gasteiger partial charge on any atom is 0.231 e. The second-order valence-electron chi connectivity index (χ2n) is 4.49. The molecule has 1 aromatic carbocycles. The first-order chi connectivity index (χ1) is 10.6. The Morgan fingerprint density at radius 1 is 1.09 bits per heavy atom. The van der Waals surface area contributed by atoms with E-state index in [1.165, 1.54) is 23.5 Å². The Hall–Kier alpha value is -2.05. The van der Waals surface area contributed by atoms with Gasteiger partial charge in [-0.2, -0.15) is 9.97 Å². The summed E-state index contributed by atoms with van der Waals surface area (Å²) >= 11 is 7.38. The van der Waals surface area contributed by atoms with Gasteiger partial charge in [-0.25, -0.2) is 9.37 Å². The largest absolute Gasteiger partial charge is 0.324 e. The highest BCUT2D eigenvalue weighted by Gasteiger charge is 2.10. The van der Waals surface area contributed by atoms with Crippen LogP contribution in [-0.4, -0.2) is 15.0 Å². The maximum absolute atomic E-state index is 13.0. The third kappa shape index (κ3) is 3.40. The van der Waals surface area contributed by atoms with Gasteiger partial charge in [0.2, 0.25) is 5.95 Å². The zero-order valence-corrected chi connectivity index (χ0v) is 13.2. The molecule has 22 heavy (non-hydrogen) atoms. The SMILES string of the molecule is CCc1nc(Nc2ccc(F)cc2)nc(-c2ccc(Cl)s2)n1. The van der Waals surface area contributed by atoms with Gasteiger partial charge in [0.25, 0.3) is 0 Å². The van der Waals surface area contributed by atoms with E-state index < -0.39 is 0 Å². The molecule has 0 saturated carbocycles. The highest BCUT2D eigenvalue weighted by Crippen LogP contribution is 2.29. The minimum atomic E-state index is -0.288. The quantitative estimate of drug-likeness (QED) is 0.751. The molecule has 3 aromatic rings. The molecule has 0 aliphatic heterocycles. The first-order valence-electron chi connectivity index (χ1n) is 6.67. The molecule has 112 valence electrons. The number of thiophene rings is 1. The van der Waals surface area contributed by atoms with Gasteiger partial charge in [0, 0.05) is 12.1 Å². The zero-order valence-electron chi connectivity index (χ0n) is 11.7. The van der Waals surface area contributed by atoms with Gasteiger partial charge in [-0.15, -0.1) is 11.3 Å². The fourth-order valence-corrected chi connectivity index (χ4v) is 2.82. The first-order valence-corrected chi connectivity index (χ1v) is 7.87. The lowest BCUT2D eigenvalue weighted by Gasteiger charge is -2.07. The zero-order chi connectivity index (χ0) is 15.5. The van der Waals surface area contributed by atoms with Crippen LogP contribution in [-0.2, 0) is 6.42 Å². The number of nitrogens with zero attached hydrogens (tertiary/aromatic N) is 3. The van der Waals surface area contributed by atoms with Crippen molar-refractivity contribution in [2.24, 2.45) is 0 Å². The van der Waals surface area contributed by atoms with Crippen molar-refractivity contribution in [2.75, 3.05) is 5.32 Å². The number of aryl methyl sites for hydroxylation is 1. The number of hydrogen-bond donors (Lipinski definition) is 1. The fraction of sp³-hybridized carbons (Fsp3) is 0.133. The van der Waals surface area contributed by atoms with Gasteiger partial charge >= 0.3 is 0 Å². The van der Waals surface area contributed by atoms with Crippen LogP contribution in [0.15, 0.2) is 36.4 Å². The number of halogens is 2. The highest BCUT2D eigenvalue weighted by atomic mass is 35.5. The van der Waals surface area contributed by atoms with Crippen LogP contribution in [0.3, 0.4) is 0 Å². The van der Waals surface area contributed by atoms with Crippen molar-refractivity contribution in [2.45, 2.75) is 13.3 Å². The van der Waals surface area contributed by atoms with Gasteiger partial charge in [0.1, 0.15) is 11.6 Å². The fourth-order valence-electron chi connectivity index (χ4n) is 1.84. The molecule has 0 unspecified atom stereocenters. The third-order valence-corrected chi connectivity index (χ3v) is 4.12. The molecule has 0 aliphatic carbocycles. The van der Waals surface area contributed by atoms with E-state index in [0.29, 0.717) is 34.0 Å². The smallest absolute Gasteiger partial charge is 0.231 e. The lowest BCUT2D eigenvalue weighted by atomic mass is 10.3. The molecule has 7 heteroatoms. The summed E-state index contributed by atoms with van der Waals surface area (Å²) in [7, 11) is 0. The Bertz CT molecular complexity index is 788. The number of hydrogen-bond acceptors (Lipinski definition) is 5. The van der Waals surface area contributed by atoms with Crippen molar-refractivity contribution < 1.29 is 4.39 Å². The van der Waals surface area contributed by atoms with Gasteiger partial charge < -0.3 is 5.32 Å². The number of anilines is 2. The first kappa shape index (κ1) is 14.9. The van der Waals surface area contributed by atoms with Gasteiger partial charge in [-0.1, -0.05) is 18.5 Å². The Kier molecular flexibility index (Phi) is 4.31. The molecule has 2 heterocycles. The predicted molar refractivity (Wildman–Crippen MR) is 87.2 cm³/mol. The van der Waals surface area contributed by atoms with Crippen LogP contribution in [0.5, 0.6) is 0 Å². The minimum Gasteiger partial charge on any atom is -0.324 e. The average molecular weight is 335 g/mol. The van der Waals surface area contributed by atoms with E-state index in [0.717, 1.165) is 4.88 Å². The summed E-state index contributed by atoms with van der Waals surface area (Å²) in [5.41, 5.74) is 0.713. The molecule has 4 nitrogen and oxygen atoms in total. The van der Waals surface area contributed by atoms with Gasteiger partial charge in [0.15, 0.2) is 5.82 Å². The number of rotatable bonds is 4. The number of nitrogens with one attached hydrogen (secondary N) is 1. The molecular weight excluding hydrogens is 323 g/mol. The van der Waals surface area contributed by atoms with Gasteiger partial charge in [-0.3, -0.25) is 0 Å². The maximum atomic E-state index is 13.0. The Balaban J connectivity index is 1.95. The van der Waals surface area contributed by atoms with E-state index >= 15 is 0 Å². The van der Waals surface area contributed by atoms with Crippen LogP contribution >= 0.6 is 22.9 Å². The van der Waals surface area contributed by atoms with E-state index in [-0.39, 0.29) is 5.82 Å². The standard InChI is InChI=1S/C15H12ClFN4S/c1-2-13-19-14(11-7-8-12(16)22-11)21-15(20-13)18-10-5-3-9(17)4-6-10/h3-8H,2H2,1H3,(H,18,19,20,21). The normalized spacial score (nSPS) is 10.7. The van der Waals surface area contributed by atoms with Crippen molar-refractivity contribution in [1.82, 2.24) is 15.0 Å². The highest BCUT2D eigenvalue weighted by molar-refractivity contribution is 7.19. The minimum absolute atomic E-state index is 0.288. The Morgan fingerprint density at radius 2 is 1.86 bits per heavy atom. The molecule has 2 aromatic heterocycles. The van der Waals surface area contributed by atoms with Gasteiger partial charge in [-0.05, 0) is 36.4 Å². The predicted octanol–water partition coefficient (Wildman–Crippen LogP) is 4.70. The molecule has 1 N–H and O–H groups in total. The van der Waals surface area contributed by atoms with E-state index in [1.807, 2.05) is 19.1 Å². The van der Waals surface area contributed by atoms with E-state index in [4.69, 9.17) is 11.6 Å². The third-order valence-electron chi connectivity index (χ3n) is 2.89. The van der Waals surface area contributed by atoms with Crippen LogP contribution < -0.4 is 5.32 Å². The van der Waals surface area contributed by atoms with E-state index in [9.17, 15) is 4.39 Å². The summed E-state index contributed by atoms with van der Waals surface area (Å²) < 4.78 is 13.6. The molecule has 0 aliphatic rings. The molecule has 0 atom stereocenters. The summed E-state index contributed by atoms with van der Waals surface area (Å²) in [6, 6.07) is 9.71. The topological polar surface area (TPSA) is 50.7 Å². The molecule has 0 amide bonds. The summed E-state index contributed by atoms with van der Waals surface area (Å²) in [4.78, 5) is 14.1. The van der Waals surface area contributed by atoms with Crippen LogP contribution in [0.2, 0.25) is 4.34 Å². The lowest BCUT2D eigenvalue weighted by molar-refractivity contribution is 0.628. The van der Waals surface area contributed by atoms with Crippen LogP contribution in [0, 0.1) is 5.82 Å². The van der Waals surface area contributed by atoms with Crippen molar-refractivity contribution in [3.63, 3.8) is 0 Å². The molecular formula is C15H12ClFN4S. The summed E-state index contributed by atoms with van der Waals surface area (Å²) in [6.07, 6.45) is 0.687. The average Bonchev–Trinajstić information content (AvgIpc) is 2.96. The van der Waals surface area contributed by atoms with E-state index in [2.05, 4.69) is 20.3 Å². The molecule has 0 bridgehead atoms. The lowest BCUT2D eigenvalue weighted by Crippen LogP contribution is -2.04. The van der Waals surface area contributed by atoms with Crippen LogP contribution in [0.1, 0.15) is 12.7 Å². The molecule has 0 radical (unpaired) electrons. The number of benzene rings is 1. The summed E-state index contributed by atoms with van der Waals surface area (Å²) in [5, 5.41) is 3.07. The van der Waals surface area contributed by atoms with Gasteiger partial charge in [0.05, 0.1) is 9.21 Å². The monoisotopic (exact) mass is 334 g/mol. The second kappa shape index (κ2) is 6.37.